The Morgan fingerprint density at radius 1 is 1.56 bits per heavy atom. The number of nitrogens with zero attached hydrogens (tertiary/aromatic N) is 1. The lowest BCUT2D eigenvalue weighted by Gasteiger charge is -2.21. The predicted octanol–water partition coefficient (Wildman–Crippen LogP) is 2.46. The Morgan fingerprint density at radius 2 is 2.25 bits per heavy atom. The standard InChI is InChI=1S/C13H15NO2/c1-10(15)8-13(2,9-14)11-5-4-6-12(7-11)16-3/h4-7H,8H2,1-3H3. The molecule has 0 aliphatic rings. The van der Waals surface area contributed by atoms with Crippen molar-refractivity contribution in [3.8, 4) is 11.8 Å². The maximum Gasteiger partial charge on any atom is 0.131 e. The average molecular weight is 217 g/mol. The zero-order chi connectivity index (χ0) is 12.2. The van der Waals surface area contributed by atoms with Crippen LogP contribution in [0.1, 0.15) is 25.8 Å². The van der Waals surface area contributed by atoms with Gasteiger partial charge in [-0.25, -0.2) is 0 Å². The van der Waals surface area contributed by atoms with E-state index in [1.807, 2.05) is 18.2 Å². The zero-order valence-electron chi connectivity index (χ0n) is 9.78. The molecule has 1 unspecified atom stereocenters. The van der Waals surface area contributed by atoms with Crippen molar-refractivity contribution >= 4 is 5.78 Å². The molecule has 1 rings (SSSR count). The first-order valence-corrected chi connectivity index (χ1v) is 5.07. The number of ketones is 1. The van der Waals surface area contributed by atoms with Gasteiger partial charge in [0.05, 0.1) is 18.6 Å². The van der Waals surface area contributed by atoms with Crippen LogP contribution in [-0.2, 0) is 10.2 Å². The first-order chi connectivity index (χ1) is 7.51. The molecule has 0 spiro atoms. The fourth-order valence-electron chi connectivity index (χ4n) is 1.67. The summed E-state index contributed by atoms with van der Waals surface area (Å²) in [5.41, 5.74) is 0.0324. The van der Waals surface area contributed by atoms with Gasteiger partial charge in [0.25, 0.3) is 0 Å². The Labute approximate surface area is 95.7 Å². The molecule has 1 aromatic rings. The number of rotatable bonds is 4. The van der Waals surface area contributed by atoms with E-state index in [-0.39, 0.29) is 12.2 Å². The second-order valence-corrected chi connectivity index (χ2v) is 4.05. The molecule has 0 aliphatic carbocycles. The summed E-state index contributed by atoms with van der Waals surface area (Å²) in [5, 5.41) is 9.21. The van der Waals surface area contributed by atoms with Crippen LogP contribution in [0.2, 0.25) is 0 Å². The van der Waals surface area contributed by atoms with Gasteiger partial charge in [-0.2, -0.15) is 5.26 Å². The van der Waals surface area contributed by atoms with Gasteiger partial charge < -0.3 is 4.74 Å². The number of methoxy groups -OCH3 is 1. The van der Waals surface area contributed by atoms with E-state index in [1.54, 1.807) is 20.1 Å². The van der Waals surface area contributed by atoms with Crippen LogP contribution in [0.4, 0.5) is 0 Å². The van der Waals surface area contributed by atoms with Crippen LogP contribution in [0.25, 0.3) is 0 Å². The summed E-state index contributed by atoms with van der Waals surface area (Å²) in [7, 11) is 1.58. The zero-order valence-corrected chi connectivity index (χ0v) is 9.78. The normalized spacial score (nSPS) is 13.6. The molecule has 0 N–H and O–H groups in total. The van der Waals surface area contributed by atoms with Crippen LogP contribution in [-0.4, -0.2) is 12.9 Å². The van der Waals surface area contributed by atoms with Gasteiger partial charge in [0.2, 0.25) is 0 Å². The Kier molecular flexibility index (Phi) is 3.68. The Balaban J connectivity index is 3.12. The topological polar surface area (TPSA) is 50.1 Å². The average Bonchev–Trinajstić information content (AvgIpc) is 2.28. The molecular formula is C13H15NO2. The molecule has 16 heavy (non-hydrogen) atoms. The van der Waals surface area contributed by atoms with Crippen LogP contribution in [0.3, 0.4) is 0 Å². The van der Waals surface area contributed by atoms with Gasteiger partial charge in [-0.05, 0) is 31.5 Å². The minimum Gasteiger partial charge on any atom is -0.497 e. The van der Waals surface area contributed by atoms with Gasteiger partial charge in [-0.15, -0.1) is 0 Å². The van der Waals surface area contributed by atoms with E-state index in [0.717, 1.165) is 5.56 Å². The minimum atomic E-state index is -0.777. The summed E-state index contributed by atoms with van der Waals surface area (Å²) in [6.07, 6.45) is 0.219. The molecule has 0 bridgehead atoms. The monoisotopic (exact) mass is 217 g/mol. The van der Waals surface area contributed by atoms with E-state index in [9.17, 15) is 10.1 Å². The summed E-state index contributed by atoms with van der Waals surface area (Å²) >= 11 is 0. The molecule has 1 aromatic carbocycles. The summed E-state index contributed by atoms with van der Waals surface area (Å²) < 4.78 is 5.11. The smallest absolute Gasteiger partial charge is 0.131 e. The van der Waals surface area contributed by atoms with Gasteiger partial charge in [-0.3, -0.25) is 4.79 Å². The predicted molar refractivity (Wildman–Crippen MR) is 61.3 cm³/mol. The van der Waals surface area contributed by atoms with Gasteiger partial charge in [-0.1, -0.05) is 12.1 Å². The van der Waals surface area contributed by atoms with E-state index in [1.165, 1.54) is 6.92 Å². The number of nitriles is 1. The lowest BCUT2D eigenvalue weighted by Crippen LogP contribution is -2.22. The molecule has 3 heteroatoms. The Morgan fingerprint density at radius 3 is 2.75 bits per heavy atom. The molecule has 0 saturated heterocycles. The Hall–Kier alpha value is -1.82. The SMILES string of the molecule is COc1cccc(C(C)(C#N)CC(C)=O)c1. The fraction of sp³-hybridized carbons (Fsp3) is 0.385. The third kappa shape index (κ3) is 2.60. The van der Waals surface area contributed by atoms with Gasteiger partial charge in [0.1, 0.15) is 11.5 Å². The van der Waals surface area contributed by atoms with E-state index in [2.05, 4.69) is 6.07 Å². The first kappa shape index (κ1) is 12.3. The minimum absolute atomic E-state index is 0.00636. The van der Waals surface area contributed by atoms with Crippen molar-refractivity contribution in [2.75, 3.05) is 7.11 Å². The van der Waals surface area contributed by atoms with E-state index in [0.29, 0.717) is 5.75 Å². The molecule has 3 nitrogen and oxygen atoms in total. The summed E-state index contributed by atoms with van der Waals surface area (Å²) in [4.78, 5) is 11.2. The molecule has 0 aliphatic heterocycles. The highest BCUT2D eigenvalue weighted by Crippen LogP contribution is 2.29. The molecule has 0 radical (unpaired) electrons. The molecule has 84 valence electrons. The molecule has 0 fully saturated rings. The number of benzene rings is 1. The van der Waals surface area contributed by atoms with Crippen LogP contribution < -0.4 is 4.74 Å². The second kappa shape index (κ2) is 4.80. The van der Waals surface area contributed by atoms with E-state index in [4.69, 9.17) is 4.74 Å². The molecule has 0 aromatic heterocycles. The van der Waals surface area contributed by atoms with Crippen LogP contribution in [0.15, 0.2) is 24.3 Å². The second-order valence-electron chi connectivity index (χ2n) is 4.05. The third-order valence-electron chi connectivity index (χ3n) is 2.56. The third-order valence-corrected chi connectivity index (χ3v) is 2.56. The molecular weight excluding hydrogens is 202 g/mol. The maximum atomic E-state index is 11.2. The number of carbonyl (C=O) groups excluding carboxylic acids is 1. The largest absolute Gasteiger partial charge is 0.497 e. The number of hydrogen-bond acceptors (Lipinski definition) is 3. The van der Waals surface area contributed by atoms with Crippen molar-refractivity contribution in [2.24, 2.45) is 0 Å². The van der Waals surface area contributed by atoms with Crippen molar-refractivity contribution < 1.29 is 9.53 Å². The maximum absolute atomic E-state index is 11.2. The van der Waals surface area contributed by atoms with E-state index >= 15 is 0 Å². The molecule has 0 saturated carbocycles. The van der Waals surface area contributed by atoms with Crippen molar-refractivity contribution in [1.29, 1.82) is 5.26 Å². The Bertz CT molecular complexity index is 434. The summed E-state index contributed by atoms with van der Waals surface area (Å²) in [6, 6.07) is 9.48. The van der Waals surface area contributed by atoms with Crippen molar-refractivity contribution in [2.45, 2.75) is 25.7 Å². The van der Waals surface area contributed by atoms with Gasteiger partial charge in [0, 0.05) is 6.42 Å². The lowest BCUT2D eigenvalue weighted by atomic mass is 9.80. The number of hydrogen-bond donors (Lipinski definition) is 0. The first-order valence-electron chi connectivity index (χ1n) is 5.07. The quantitative estimate of drug-likeness (QED) is 0.778. The molecule has 0 heterocycles. The number of carbonyl (C=O) groups is 1. The van der Waals surface area contributed by atoms with Gasteiger partial charge in [0.15, 0.2) is 0 Å². The van der Waals surface area contributed by atoms with E-state index < -0.39 is 5.41 Å². The number of Topliss-reactive ketones (excluding diaryl/α,β-unsaturated/α-hetero) is 1. The van der Waals surface area contributed by atoms with Crippen molar-refractivity contribution in [3.05, 3.63) is 29.8 Å². The highest BCUT2D eigenvalue weighted by atomic mass is 16.5. The van der Waals surface area contributed by atoms with Crippen LogP contribution in [0.5, 0.6) is 5.75 Å². The summed E-state index contributed by atoms with van der Waals surface area (Å²) in [5.74, 6) is 0.703. The van der Waals surface area contributed by atoms with Crippen LogP contribution in [0, 0.1) is 11.3 Å². The fourth-order valence-corrected chi connectivity index (χ4v) is 1.67. The van der Waals surface area contributed by atoms with Crippen molar-refractivity contribution in [3.63, 3.8) is 0 Å². The molecule has 0 amide bonds. The van der Waals surface area contributed by atoms with Gasteiger partial charge >= 0.3 is 0 Å². The highest BCUT2D eigenvalue weighted by molar-refractivity contribution is 5.77. The van der Waals surface area contributed by atoms with Crippen molar-refractivity contribution in [1.82, 2.24) is 0 Å². The molecule has 1 atom stereocenters. The summed E-state index contributed by atoms with van der Waals surface area (Å²) in [6.45, 7) is 3.26. The van der Waals surface area contributed by atoms with Crippen LogP contribution >= 0.6 is 0 Å². The lowest BCUT2D eigenvalue weighted by molar-refractivity contribution is -0.117. The highest BCUT2D eigenvalue weighted by Gasteiger charge is 2.28. The number of ether oxygens (including phenoxy) is 1.